The largest absolute Gasteiger partial charge is 0.492 e. The molecule has 2 aromatic carbocycles. The summed E-state index contributed by atoms with van der Waals surface area (Å²) in [5.41, 5.74) is 0. The Hall–Kier alpha value is -1.71. The number of ether oxygens (including phenoxy) is 1. The maximum atomic E-state index is 12.9. The number of fused-ring (bicyclic) bond motifs is 1. The molecule has 4 rings (SSSR count). The summed E-state index contributed by atoms with van der Waals surface area (Å²) in [5.74, 6) is 0.875. The summed E-state index contributed by atoms with van der Waals surface area (Å²) in [5, 5.41) is 2.38. The van der Waals surface area contributed by atoms with Crippen molar-refractivity contribution in [2.45, 2.75) is 0 Å². The Labute approximate surface area is 173 Å². The minimum absolute atomic E-state index is 0.546. The van der Waals surface area contributed by atoms with Crippen molar-refractivity contribution < 1.29 is 13.2 Å². The van der Waals surface area contributed by atoms with Crippen LogP contribution in [0.4, 0.5) is 0 Å². The first-order chi connectivity index (χ1) is 14.0. The molecule has 2 saturated heterocycles. The maximum absolute atomic E-state index is 12.9. The topological polar surface area (TPSA) is 56.3 Å². The smallest absolute Gasteiger partial charge is 0.282 e. The fourth-order valence-corrected chi connectivity index (χ4v) is 5.49. The van der Waals surface area contributed by atoms with Crippen LogP contribution in [0.25, 0.3) is 10.8 Å². The van der Waals surface area contributed by atoms with Crippen LogP contribution in [0.2, 0.25) is 0 Å². The first-order valence-corrected chi connectivity index (χ1v) is 11.7. The van der Waals surface area contributed by atoms with E-state index in [2.05, 4.69) is 34.1 Å². The molecule has 0 radical (unpaired) electrons. The van der Waals surface area contributed by atoms with Crippen LogP contribution in [0, 0.1) is 0 Å². The van der Waals surface area contributed by atoms with Gasteiger partial charge in [0, 0.05) is 58.9 Å². The van der Waals surface area contributed by atoms with Crippen molar-refractivity contribution in [1.29, 1.82) is 0 Å². The summed E-state index contributed by atoms with van der Waals surface area (Å²) in [6.45, 7) is 6.74. The van der Waals surface area contributed by atoms with Gasteiger partial charge in [-0.15, -0.1) is 0 Å². The van der Waals surface area contributed by atoms with Gasteiger partial charge in [0.15, 0.2) is 0 Å². The van der Waals surface area contributed by atoms with Crippen LogP contribution in [0.3, 0.4) is 0 Å². The highest BCUT2D eigenvalue weighted by molar-refractivity contribution is 7.86. The number of likely N-dealkylation sites (N-methyl/N-ethyl adjacent to an activating group) is 1. The molecule has 0 aliphatic carbocycles. The zero-order chi connectivity index (χ0) is 20.3. The highest BCUT2D eigenvalue weighted by Gasteiger charge is 2.33. The lowest BCUT2D eigenvalue weighted by atomic mass is 10.1. The van der Waals surface area contributed by atoms with Crippen molar-refractivity contribution in [2.75, 3.05) is 72.6 Å². The van der Waals surface area contributed by atoms with Gasteiger partial charge >= 0.3 is 0 Å². The van der Waals surface area contributed by atoms with Crippen LogP contribution in [0.15, 0.2) is 42.5 Å². The summed E-state index contributed by atoms with van der Waals surface area (Å²) < 4.78 is 34.9. The van der Waals surface area contributed by atoms with Crippen LogP contribution in [0.5, 0.6) is 5.75 Å². The van der Waals surface area contributed by atoms with E-state index in [1.54, 1.807) is 8.61 Å². The lowest BCUT2D eigenvalue weighted by Crippen LogP contribution is -2.56. The second kappa shape index (κ2) is 8.97. The van der Waals surface area contributed by atoms with Crippen LogP contribution in [-0.2, 0) is 10.2 Å². The zero-order valence-corrected chi connectivity index (χ0v) is 17.9. The van der Waals surface area contributed by atoms with Gasteiger partial charge in [0.05, 0.1) is 0 Å². The minimum Gasteiger partial charge on any atom is -0.492 e. The zero-order valence-electron chi connectivity index (χ0n) is 17.0. The van der Waals surface area contributed by atoms with Crippen molar-refractivity contribution in [3.8, 4) is 5.75 Å². The molecule has 2 fully saturated rings. The SMILES string of the molecule is CN1CCN(S(=O)(=O)N2CCN(CCOc3ccc4ccccc4c3)CC2)CC1. The summed E-state index contributed by atoms with van der Waals surface area (Å²) in [4.78, 5) is 4.44. The van der Waals surface area contributed by atoms with Gasteiger partial charge in [0.25, 0.3) is 10.2 Å². The van der Waals surface area contributed by atoms with Gasteiger partial charge in [0.1, 0.15) is 12.4 Å². The summed E-state index contributed by atoms with van der Waals surface area (Å²) in [6.07, 6.45) is 0. The van der Waals surface area contributed by atoms with Gasteiger partial charge in [-0.2, -0.15) is 17.0 Å². The molecule has 0 aromatic heterocycles. The van der Waals surface area contributed by atoms with Gasteiger partial charge in [-0.25, -0.2) is 0 Å². The summed E-state index contributed by atoms with van der Waals surface area (Å²) >= 11 is 0. The van der Waals surface area contributed by atoms with E-state index < -0.39 is 10.2 Å². The molecule has 0 N–H and O–H groups in total. The van der Waals surface area contributed by atoms with E-state index in [1.165, 1.54) is 10.8 Å². The van der Waals surface area contributed by atoms with Gasteiger partial charge in [0.2, 0.25) is 0 Å². The van der Waals surface area contributed by atoms with E-state index in [-0.39, 0.29) is 0 Å². The van der Waals surface area contributed by atoms with Crippen molar-refractivity contribution in [3.63, 3.8) is 0 Å². The Kier molecular flexibility index (Phi) is 6.36. The van der Waals surface area contributed by atoms with Crippen LogP contribution >= 0.6 is 0 Å². The Morgan fingerprint density at radius 2 is 1.45 bits per heavy atom. The Morgan fingerprint density at radius 1 is 0.828 bits per heavy atom. The summed E-state index contributed by atoms with van der Waals surface area (Å²) in [6, 6.07) is 14.4. The first kappa shape index (κ1) is 20.6. The predicted octanol–water partition coefficient (Wildman–Crippen LogP) is 1.33. The molecular formula is C21H30N4O3S. The standard InChI is InChI=1S/C21H30N4O3S/c1-22-8-12-24(13-9-22)29(26,27)25-14-10-23(11-15-25)16-17-28-21-7-6-19-4-2-3-5-20(19)18-21/h2-7,18H,8-17H2,1H3. The van der Waals surface area contributed by atoms with E-state index in [0.717, 1.165) is 38.5 Å². The van der Waals surface area contributed by atoms with Crippen molar-refractivity contribution in [2.24, 2.45) is 0 Å². The molecule has 2 aromatic rings. The lowest BCUT2D eigenvalue weighted by Gasteiger charge is -2.39. The third kappa shape index (κ3) is 4.90. The predicted molar refractivity (Wildman–Crippen MR) is 115 cm³/mol. The molecule has 2 aliphatic heterocycles. The molecule has 2 aliphatic rings. The number of piperazine rings is 2. The van der Waals surface area contributed by atoms with Crippen molar-refractivity contribution in [3.05, 3.63) is 42.5 Å². The van der Waals surface area contributed by atoms with E-state index >= 15 is 0 Å². The third-order valence-corrected chi connectivity index (χ3v) is 7.88. The average molecular weight is 419 g/mol. The Balaban J connectivity index is 1.23. The molecule has 7 nitrogen and oxygen atoms in total. The molecule has 0 spiro atoms. The van der Waals surface area contributed by atoms with Crippen LogP contribution in [-0.4, -0.2) is 99.4 Å². The molecular weight excluding hydrogens is 388 g/mol. The van der Waals surface area contributed by atoms with Crippen LogP contribution in [0.1, 0.15) is 0 Å². The monoisotopic (exact) mass is 418 g/mol. The van der Waals surface area contributed by atoms with Crippen molar-refractivity contribution in [1.82, 2.24) is 18.4 Å². The fraction of sp³-hybridized carbons (Fsp3) is 0.524. The number of rotatable bonds is 6. The summed E-state index contributed by atoms with van der Waals surface area (Å²) in [7, 11) is -1.30. The normalized spacial score (nSPS) is 20.9. The molecule has 158 valence electrons. The highest BCUT2D eigenvalue weighted by Crippen LogP contribution is 2.20. The van der Waals surface area contributed by atoms with Gasteiger partial charge in [-0.05, 0) is 30.0 Å². The highest BCUT2D eigenvalue weighted by atomic mass is 32.2. The van der Waals surface area contributed by atoms with Gasteiger partial charge in [-0.1, -0.05) is 30.3 Å². The second-order valence-electron chi connectivity index (χ2n) is 7.81. The van der Waals surface area contributed by atoms with Gasteiger partial charge < -0.3 is 9.64 Å². The molecule has 2 heterocycles. The fourth-order valence-electron chi connectivity index (χ4n) is 3.92. The number of hydrogen-bond donors (Lipinski definition) is 0. The molecule has 0 unspecified atom stereocenters. The van der Waals surface area contributed by atoms with E-state index in [0.29, 0.717) is 32.8 Å². The Bertz CT molecular complexity index is 920. The van der Waals surface area contributed by atoms with E-state index in [4.69, 9.17) is 4.74 Å². The minimum atomic E-state index is -3.33. The van der Waals surface area contributed by atoms with E-state index in [9.17, 15) is 8.42 Å². The quantitative estimate of drug-likeness (QED) is 0.709. The second-order valence-corrected chi connectivity index (χ2v) is 9.74. The van der Waals surface area contributed by atoms with Gasteiger partial charge in [-0.3, -0.25) is 4.90 Å². The molecule has 0 amide bonds. The molecule has 0 atom stereocenters. The number of hydrogen-bond acceptors (Lipinski definition) is 5. The average Bonchev–Trinajstić information content (AvgIpc) is 2.74. The number of benzene rings is 2. The first-order valence-electron chi connectivity index (χ1n) is 10.3. The molecule has 8 heteroatoms. The molecule has 0 saturated carbocycles. The van der Waals surface area contributed by atoms with Crippen LogP contribution < -0.4 is 4.74 Å². The lowest BCUT2D eigenvalue weighted by molar-refractivity contribution is 0.149. The molecule has 0 bridgehead atoms. The number of nitrogens with zero attached hydrogens (tertiary/aromatic N) is 4. The van der Waals surface area contributed by atoms with Crippen molar-refractivity contribution >= 4 is 21.0 Å². The molecule has 29 heavy (non-hydrogen) atoms. The third-order valence-electron chi connectivity index (χ3n) is 5.84. The Morgan fingerprint density at radius 3 is 2.14 bits per heavy atom. The van der Waals surface area contributed by atoms with E-state index in [1.807, 2.05) is 25.2 Å². The maximum Gasteiger partial charge on any atom is 0.282 e.